The molecule has 1 rings (SSSR count). The summed E-state index contributed by atoms with van der Waals surface area (Å²) < 4.78 is 0.714. The highest BCUT2D eigenvalue weighted by atomic mass is 79.9. The molecule has 0 bridgehead atoms. The van der Waals surface area contributed by atoms with Crippen molar-refractivity contribution in [3.63, 3.8) is 0 Å². The second kappa shape index (κ2) is 6.13. The molecule has 0 aromatic heterocycles. The zero-order chi connectivity index (χ0) is 11.3. The van der Waals surface area contributed by atoms with Crippen LogP contribution in [-0.2, 0) is 0 Å². The zero-order valence-electron chi connectivity index (χ0n) is 9.04. The molecule has 0 aliphatic rings. The molecule has 84 valence electrons. The smallest absolute Gasteiger partial charge is 0.134 e. The Morgan fingerprint density at radius 2 is 2.13 bits per heavy atom. The van der Waals surface area contributed by atoms with Crippen molar-refractivity contribution in [2.75, 3.05) is 0 Å². The summed E-state index contributed by atoms with van der Waals surface area (Å²) in [6.07, 6.45) is 4.43. The van der Waals surface area contributed by atoms with Crippen LogP contribution in [-0.4, -0.2) is 5.11 Å². The highest BCUT2D eigenvalue weighted by Gasteiger charge is 2.11. The van der Waals surface area contributed by atoms with E-state index in [0.717, 1.165) is 18.4 Å². The van der Waals surface area contributed by atoms with Crippen molar-refractivity contribution in [2.24, 2.45) is 5.73 Å². The third-order valence-electron chi connectivity index (χ3n) is 2.54. The number of unbranched alkanes of at least 4 members (excludes halogenated alkanes) is 2. The zero-order valence-corrected chi connectivity index (χ0v) is 10.6. The summed E-state index contributed by atoms with van der Waals surface area (Å²) in [6.45, 7) is 2.17. The predicted octanol–water partition coefficient (Wildman–Crippen LogP) is 3.73. The minimum Gasteiger partial charge on any atom is -0.506 e. The summed E-state index contributed by atoms with van der Waals surface area (Å²) in [6, 6.07) is 5.54. The van der Waals surface area contributed by atoms with E-state index in [1.165, 1.54) is 12.8 Å². The first-order chi connectivity index (χ1) is 7.16. The largest absolute Gasteiger partial charge is 0.506 e. The summed E-state index contributed by atoms with van der Waals surface area (Å²) in [5, 5.41) is 9.80. The molecular weight excluding hydrogens is 254 g/mol. The first-order valence-electron chi connectivity index (χ1n) is 5.39. The fourth-order valence-electron chi connectivity index (χ4n) is 1.60. The molecule has 0 saturated carbocycles. The normalized spacial score (nSPS) is 12.7. The lowest BCUT2D eigenvalue weighted by molar-refractivity contribution is 0.452. The standard InChI is InChI=1S/C12H18BrNO/c1-2-3-4-8-11(14)9-6-5-7-10(13)12(9)15/h5-7,11,15H,2-4,8,14H2,1H3/t11-/m0/s1. The van der Waals surface area contributed by atoms with Gasteiger partial charge >= 0.3 is 0 Å². The fourth-order valence-corrected chi connectivity index (χ4v) is 1.98. The van der Waals surface area contributed by atoms with Gasteiger partial charge in [-0.2, -0.15) is 0 Å². The lowest BCUT2D eigenvalue weighted by Gasteiger charge is -2.14. The van der Waals surface area contributed by atoms with Crippen LogP contribution in [0.15, 0.2) is 22.7 Å². The molecular formula is C12H18BrNO. The molecule has 0 amide bonds. The van der Waals surface area contributed by atoms with Crippen LogP contribution < -0.4 is 5.73 Å². The van der Waals surface area contributed by atoms with Crippen LogP contribution in [0, 0.1) is 0 Å². The van der Waals surface area contributed by atoms with Crippen molar-refractivity contribution in [1.29, 1.82) is 0 Å². The maximum Gasteiger partial charge on any atom is 0.134 e. The van der Waals surface area contributed by atoms with Gasteiger partial charge in [0.15, 0.2) is 0 Å². The number of phenolic OH excluding ortho intramolecular Hbond substituents is 1. The monoisotopic (exact) mass is 271 g/mol. The van der Waals surface area contributed by atoms with E-state index in [9.17, 15) is 5.11 Å². The number of para-hydroxylation sites is 1. The van der Waals surface area contributed by atoms with Gasteiger partial charge in [-0.1, -0.05) is 38.3 Å². The Morgan fingerprint density at radius 3 is 2.80 bits per heavy atom. The van der Waals surface area contributed by atoms with Crippen molar-refractivity contribution in [3.05, 3.63) is 28.2 Å². The van der Waals surface area contributed by atoms with Gasteiger partial charge in [-0.25, -0.2) is 0 Å². The Kier molecular flexibility index (Phi) is 5.12. The Balaban J connectivity index is 2.65. The van der Waals surface area contributed by atoms with Crippen LogP contribution in [0.3, 0.4) is 0 Å². The van der Waals surface area contributed by atoms with Gasteiger partial charge in [0.2, 0.25) is 0 Å². The van der Waals surface area contributed by atoms with Gasteiger partial charge < -0.3 is 10.8 Å². The lowest BCUT2D eigenvalue weighted by atomic mass is 10.0. The minimum absolute atomic E-state index is 0.0611. The maximum atomic E-state index is 9.80. The molecule has 15 heavy (non-hydrogen) atoms. The molecule has 0 radical (unpaired) electrons. The molecule has 0 unspecified atom stereocenters. The van der Waals surface area contributed by atoms with Crippen molar-refractivity contribution in [2.45, 2.75) is 38.6 Å². The number of aromatic hydroxyl groups is 1. The Bertz CT molecular complexity index is 314. The number of benzene rings is 1. The number of hydrogen-bond acceptors (Lipinski definition) is 2. The summed E-state index contributed by atoms with van der Waals surface area (Å²) in [5.41, 5.74) is 6.86. The Hall–Kier alpha value is -0.540. The van der Waals surface area contributed by atoms with Gasteiger partial charge in [-0.15, -0.1) is 0 Å². The van der Waals surface area contributed by atoms with Crippen LogP contribution in [0.25, 0.3) is 0 Å². The molecule has 0 aliphatic carbocycles. The molecule has 3 heteroatoms. The predicted molar refractivity (Wildman–Crippen MR) is 66.9 cm³/mol. The molecule has 0 aliphatic heterocycles. The summed E-state index contributed by atoms with van der Waals surface area (Å²) in [4.78, 5) is 0. The number of nitrogens with two attached hydrogens (primary N) is 1. The van der Waals surface area contributed by atoms with E-state index >= 15 is 0 Å². The van der Waals surface area contributed by atoms with Gasteiger partial charge in [0.05, 0.1) is 4.47 Å². The molecule has 0 saturated heterocycles. The van der Waals surface area contributed by atoms with Gasteiger partial charge in [0.25, 0.3) is 0 Å². The van der Waals surface area contributed by atoms with E-state index in [4.69, 9.17) is 5.73 Å². The average Bonchev–Trinajstić information content (AvgIpc) is 2.22. The SMILES string of the molecule is CCCCC[C@H](N)c1cccc(Br)c1O. The Labute approximate surface area is 99.6 Å². The Morgan fingerprint density at radius 1 is 1.40 bits per heavy atom. The maximum absolute atomic E-state index is 9.80. The van der Waals surface area contributed by atoms with E-state index in [2.05, 4.69) is 22.9 Å². The van der Waals surface area contributed by atoms with E-state index < -0.39 is 0 Å². The molecule has 0 heterocycles. The summed E-state index contributed by atoms with van der Waals surface area (Å²) in [5.74, 6) is 0.279. The van der Waals surface area contributed by atoms with E-state index in [0.29, 0.717) is 4.47 Å². The lowest BCUT2D eigenvalue weighted by Crippen LogP contribution is -2.10. The molecule has 0 fully saturated rings. The minimum atomic E-state index is -0.0611. The second-order valence-electron chi connectivity index (χ2n) is 3.78. The molecule has 3 N–H and O–H groups in total. The number of hydrogen-bond donors (Lipinski definition) is 2. The number of rotatable bonds is 5. The quantitative estimate of drug-likeness (QED) is 0.802. The van der Waals surface area contributed by atoms with Crippen LogP contribution in [0.2, 0.25) is 0 Å². The van der Waals surface area contributed by atoms with Crippen LogP contribution in [0.1, 0.15) is 44.2 Å². The topological polar surface area (TPSA) is 46.2 Å². The van der Waals surface area contributed by atoms with Gasteiger partial charge in [-0.05, 0) is 28.4 Å². The van der Waals surface area contributed by atoms with E-state index in [1.54, 1.807) is 0 Å². The van der Waals surface area contributed by atoms with E-state index in [-0.39, 0.29) is 11.8 Å². The summed E-state index contributed by atoms with van der Waals surface area (Å²) in [7, 11) is 0. The van der Waals surface area contributed by atoms with Crippen LogP contribution >= 0.6 is 15.9 Å². The molecule has 0 spiro atoms. The average molecular weight is 272 g/mol. The van der Waals surface area contributed by atoms with Crippen molar-refractivity contribution < 1.29 is 5.11 Å². The third kappa shape index (κ3) is 3.50. The highest BCUT2D eigenvalue weighted by molar-refractivity contribution is 9.10. The van der Waals surface area contributed by atoms with Crippen LogP contribution in [0.4, 0.5) is 0 Å². The number of halogens is 1. The molecule has 1 aromatic rings. The van der Waals surface area contributed by atoms with Gasteiger partial charge in [0, 0.05) is 11.6 Å². The van der Waals surface area contributed by atoms with Crippen molar-refractivity contribution >= 4 is 15.9 Å². The fraction of sp³-hybridized carbons (Fsp3) is 0.500. The first kappa shape index (κ1) is 12.5. The summed E-state index contributed by atoms with van der Waals surface area (Å²) >= 11 is 3.29. The van der Waals surface area contributed by atoms with Crippen LogP contribution in [0.5, 0.6) is 5.75 Å². The number of phenols is 1. The highest BCUT2D eigenvalue weighted by Crippen LogP contribution is 2.32. The van der Waals surface area contributed by atoms with E-state index in [1.807, 2.05) is 18.2 Å². The van der Waals surface area contributed by atoms with Crippen molar-refractivity contribution in [1.82, 2.24) is 0 Å². The molecule has 1 atom stereocenters. The van der Waals surface area contributed by atoms with Crippen molar-refractivity contribution in [3.8, 4) is 5.75 Å². The first-order valence-corrected chi connectivity index (χ1v) is 6.19. The second-order valence-corrected chi connectivity index (χ2v) is 4.63. The molecule has 1 aromatic carbocycles. The van der Waals surface area contributed by atoms with Gasteiger partial charge in [0.1, 0.15) is 5.75 Å². The molecule has 2 nitrogen and oxygen atoms in total. The van der Waals surface area contributed by atoms with Gasteiger partial charge in [-0.3, -0.25) is 0 Å². The third-order valence-corrected chi connectivity index (χ3v) is 3.18.